The quantitative estimate of drug-likeness (QED) is 0.483. The van der Waals surface area contributed by atoms with Gasteiger partial charge in [0.25, 0.3) is 0 Å². The van der Waals surface area contributed by atoms with Crippen LogP contribution in [0.25, 0.3) is 22.2 Å². The highest BCUT2D eigenvalue weighted by Crippen LogP contribution is 2.37. The van der Waals surface area contributed by atoms with Gasteiger partial charge in [0, 0.05) is 61.1 Å². The van der Waals surface area contributed by atoms with Crippen molar-refractivity contribution >= 4 is 22.3 Å². The van der Waals surface area contributed by atoms with Gasteiger partial charge in [0.05, 0.1) is 25.4 Å². The van der Waals surface area contributed by atoms with Crippen LogP contribution in [0.5, 0.6) is 11.5 Å². The van der Waals surface area contributed by atoms with Crippen molar-refractivity contribution in [2.45, 2.75) is 6.42 Å². The Morgan fingerprint density at radius 2 is 1.70 bits per heavy atom. The van der Waals surface area contributed by atoms with Crippen LogP contribution in [0.2, 0.25) is 0 Å². The molecule has 2 N–H and O–H groups in total. The molecule has 1 saturated heterocycles. The summed E-state index contributed by atoms with van der Waals surface area (Å²) in [6, 6.07) is 14.8. The SMILES string of the molecule is COc1cc2nc(-c3ccc(N4CCNCC4)cc3)cc(NCCCN(C)C)c2cc1OC. The van der Waals surface area contributed by atoms with E-state index in [1.807, 2.05) is 12.1 Å². The fraction of sp³-hybridized carbons (Fsp3) is 0.423. The summed E-state index contributed by atoms with van der Waals surface area (Å²) in [6.07, 6.45) is 1.05. The molecule has 0 unspecified atom stereocenters. The van der Waals surface area contributed by atoms with Crippen molar-refractivity contribution in [3.8, 4) is 22.8 Å². The number of pyridine rings is 1. The molecule has 0 bridgehead atoms. The Kier molecular flexibility index (Phi) is 7.52. The van der Waals surface area contributed by atoms with Gasteiger partial charge < -0.3 is 29.9 Å². The molecule has 0 atom stereocenters. The molecule has 1 aromatic heterocycles. The van der Waals surface area contributed by atoms with Gasteiger partial charge >= 0.3 is 0 Å². The van der Waals surface area contributed by atoms with Crippen LogP contribution >= 0.6 is 0 Å². The van der Waals surface area contributed by atoms with Crippen molar-refractivity contribution in [3.63, 3.8) is 0 Å². The largest absolute Gasteiger partial charge is 0.493 e. The molecule has 2 aromatic carbocycles. The summed E-state index contributed by atoms with van der Waals surface area (Å²) < 4.78 is 11.1. The summed E-state index contributed by atoms with van der Waals surface area (Å²) in [4.78, 5) is 9.60. The maximum Gasteiger partial charge on any atom is 0.162 e. The molecule has 0 saturated carbocycles. The van der Waals surface area contributed by atoms with Crippen LogP contribution in [0.3, 0.4) is 0 Å². The van der Waals surface area contributed by atoms with E-state index in [9.17, 15) is 0 Å². The molecule has 33 heavy (non-hydrogen) atoms. The number of piperazine rings is 1. The third-order valence-corrected chi connectivity index (χ3v) is 6.06. The predicted molar refractivity (Wildman–Crippen MR) is 137 cm³/mol. The van der Waals surface area contributed by atoms with Crippen molar-refractivity contribution in [2.75, 3.05) is 77.8 Å². The van der Waals surface area contributed by atoms with Crippen LogP contribution in [-0.4, -0.2) is 77.5 Å². The van der Waals surface area contributed by atoms with Gasteiger partial charge in [-0.15, -0.1) is 0 Å². The van der Waals surface area contributed by atoms with Gasteiger partial charge in [0.15, 0.2) is 11.5 Å². The Bertz CT molecular complexity index is 1060. The predicted octanol–water partition coefficient (Wildman–Crippen LogP) is 3.69. The zero-order valence-corrected chi connectivity index (χ0v) is 20.1. The average Bonchev–Trinajstić information content (AvgIpc) is 2.86. The van der Waals surface area contributed by atoms with E-state index in [2.05, 4.69) is 64.9 Å². The molecule has 176 valence electrons. The van der Waals surface area contributed by atoms with E-state index < -0.39 is 0 Å². The second-order valence-electron chi connectivity index (χ2n) is 8.65. The van der Waals surface area contributed by atoms with Gasteiger partial charge in [-0.1, -0.05) is 12.1 Å². The van der Waals surface area contributed by atoms with Crippen LogP contribution in [-0.2, 0) is 0 Å². The van der Waals surface area contributed by atoms with E-state index >= 15 is 0 Å². The Hall–Kier alpha value is -3.03. The first kappa shape index (κ1) is 23.1. The number of nitrogens with one attached hydrogen (secondary N) is 2. The lowest BCUT2D eigenvalue weighted by Gasteiger charge is -2.29. The minimum Gasteiger partial charge on any atom is -0.493 e. The maximum atomic E-state index is 5.55. The number of benzene rings is 2. The van der Waals surface area contributed by atoms with Crippen LogP contribution in [0.4, 0.5) is 11.4 Å². The first-order valence-electron chi connectivity index (χ1n) is 11.6. The molecule has 1 aliphatic heterocycles. The molecule has 2 heterocycles. The van der Waals surface area contributed by atoms with Crippen LogP contribution in [0, 0.1) is 0 Å². The highest BCUT2D eigenvalue weighted by molar-refractivity contribution is 5.96. The number of ether oxygens (including phenoxy) is 2. The molecular formula is C26H35N5O2. The third kappa shape index (κ3) is 5.49. The Labute approximate surface area is 196 Å². The van der Waals surface area contributed by atoms with Crippen LogP contribution < -0.4 is 25.0 Å². The van der Waals surface area contributed by atoms with E-state index in [1.165, 1.54) is 5.69 Å². The lowest BCUT2D eigenvalue weighted by molar-refractivity contribution is 0.356. The van der Waals surface area contributed by atoms with E-state index in [1.54, 1.807) is 14.2 Å². The van der Waals surface area contributed by atoms with Crippen molar-refractivity contribution in [1.29, 1.82) is 0 Å². The van der Waals surface area contributed by atoms with E-state index in [0.29, 0.717) is 11.5 Å². The smallest absolute Gasteiger partial charge is 0.162 e. The highest BCUT2D eigenvalue weighted by atomic mass is 16.5. The number of anilines is 2. The average molecular weight is 450 g/mol. The molecule has 0 spiro atoms. The minimum atomic E-state index is 0.683. The van der Waals surface area contributed by atoms with Gasteiger partial charge in [-0.05, 0) is 51.3 Å². The summed E-state index contributed by atoms with van der Waals surface area (Å²) in [6.45, 7) is 6.05. The first-order valence-corrected chi connectivity index (χ1v) is 11.6. The number of methoxy groups -OCH3 is 2. The number of aromatic nitrogens is 1. The van der Waals surface area contributed by atoms with E-state index in [-0.39, 0.29) is 0 Å². The standard InChI is InChI=1S/C26H35N5O2/c1-30(2)13-5-10-28-23-17-22(29-24-18-26(33-4)25(32-3)16-21(23)24)19-6-8-20(9-7-19)31-14-11-27-12-15-31/h6-9,16-18,27H,5,10-15H2,1-4H3,(H,28,29). The molecule has 7 heteroatoms. The number of hydrogen-bond donors (Lipinski definition) is 2. The molecule has 0 aliphatic carbocycles. The lowest BCUT2D eigenvalue weighted by atomic mass is 10.1. The van der Waals surface area contributed by atoms with E-state index in [0.717, 1.165) is 73.5 Å². The van der Waals surface area contributed by atoms with Gasteiger partial charge in [0.2, 0.25) is 0 Å². The summed E-state index contributed by atoms with van der Waals surface area (Å²) in [5.41, 5.74) is 5.24. The summed E-state index contributed by atoms with van der Waals surface area (Å²) >= 11 is 0. The number of nitrogens with zero attached hydrogens (tertiary/aromatic N) is 3. The molecule has 4 rings (SSSR count). The van der Waals surface area contributed by atoms with Crippen LogP contribution in [0.1, 0.15) is 6.42 Å². The molecule has 7 nitrogen and oxygen atoms in total. The second-order valence-corrected chi connectivity index (χ2v) is 8.65. The van der Waals surface area contributed by atoms with Gasteiger partial charge in [-0.25, -0.2) is 4.98 Å². The normalized spacial score (nSPS) is 14.0. The van der Waals surface area contributed by atoms with Gasteiger partial charge in [-0.2, -0.15) is 0 Å². The summed E-state index contributed by atoms with van der Waals surface area (Å²) in [7, 11) is 7.51. The molecule has 1 fully saturated rings. The Balaban J connectivity index is 1.68. The first-order chi connectivity index (χ1) is 16.1. The third-order valence-electron chi connectivity index (χ3n) is 6.06. The van der Waals surface area contributed by atoms with E-state index in [4.69, 9.17) is 14.5 Å². The zero-order valence-electron chi connectivity index (χ0n) is 20.1. The second kappa shape index (κ2) is 10.7. The van der Waals surface area contributed by atoms with Crippen molar-refractivity contribution in [3.05, 3.63) is 42.5 Å². The van der Waals surface area contributed by atoms with Crippen molar-refractivity contribution < 1.29 is 9.47 Å². The minimum absolute atomic E-state index is 0.683. The molecule has 0 amide bonds. The monoisotopic (exact) mass is 449 g/mol. The Morgan fingerprint density at radius 1 is 1.00 bits per heavy atom. The van der Waals surface area contributed by atoms with Crippen LogP contribution in [0.15, 0.2) is 42.5 Å². The topological polar surface area (TPSA) is 61.9 Å². The molecule has 0 radical (unpaired) electrons. The lowest BCUT2D eigenvalue weighted by Crippen LogP contribution is -2.43. The van der Waals surface area contributed by atoms with Crippen molar-refractivity contribution in [2.24, 2.45) is 0 Å². The zero-order chi connectivity index (χ0) is 23.2. The number of hydrogen-bond acceptors (Lipinski definition) is 7. The summed E-state index contributed by atoms with van der Waals surface area (Å²) in [5, 5.41) is 8.06. The number of rotatable bonds is 9. The number of fused-ring (bicyclic) bond motifs is 1. The van der Waals surface area contributed by atoms with Gasteiger partial charge in [0.1, 0.15) is 0 Å². The van der Waals surface area contributed by atoms with Gasteiger partial charge in [-0.3, -0.25) is 0 Å². The fourth-order valence-corrected chi connectivity index (χ4v) is 4.23. The van der Waals surface area contributed by atoms with Crippen molar-refractivity contribution in [1.82, 2.24) is 15.2 Å². The fourth-order valence-electron chi connectivity index (χ4n) is 4.23. The molecule has 1 aliphatic rings. The molecule has 3 aromatic rings. The summed E-state index contributed by atoms with van der Waals surface area (Å²) in [5.74, 6) is 1.39. The molecular weight excluding hydrogens is 414 g/mol. The highest BCUT2D eigenvalue weighted by Gasteiger charge is 2.14. The maximum absolute atomic E-state index is 5.55. The Morgan fingerprint density at radius 3 is 2.36 bits per heavy atom.